The highest BCUT2D eigenvalue weighted by atomic mass is 19.1. The lowest BCUT2D eigenvalue weighted by molar-refractivity contribution is 0.0777. The Morgan fingerprint density at radius 1 is 1.17 bits per heavy atom. The summed E-state index contributed by atoms with van der Waals surface area (Å²) >= 11 is 0. The topological polar surface area (TPSA) is 110 Å². The minimum atomic E-state index is -0.674. The van der Waals surface area contributed by atoms with Crippen molar-refractivity contribution in [1.82, 2.24) is 24.8 Å². The third kappa shape index (κ3) is 6.46. The summed E-state index contributed by atoms with van der Waals surface area (Å²) in [5, 5.41) is 18.9. The largest absolute Gasteiger partial charge is 0.385 e. The molecule has 6 rings (SSSR count). The zero-order chi connectivity index (χ0) is 29.1. The lowest BCUT2D eigenvalue weighted by Crippen LogP contribution is -2.38. The first-order valence-electron chi connectivity index (χ1n) is 14.0. The molecular formula is C30H35F2N5O4. The normalized spacial score (nSPS) is 20.1. The summed E-state index contributed by atoms with van der Waals surface area (Å²) in [4.78, 5) is 20.0. The third-order valence-corrected chi connectivity index (χ3v) is 8.02. The summed E-state index contributed by atoms with van der Waals surface area (Å²) in [7, 11) is 0. The lowest BCUT2D eigenvalue weighted by Gasteiger charge is -2.31. The number of aliphatic hydroxyl groups excluding tert-OH is 1. The van der Waals surface area contributed by atoms with Gasteiger partial charge in [-0.25, -0.2) is 13.8 Å². The molecule has 4 aromatic rings. The molecule has 9 nitrogen and oxygen atoms in total. The molecule has 0 amide bonds. The number of nitrogens with zero attached hydrogens (tertiary/aromatic N) is 5. The number of piperidine rings is 1. The average molecular weight is 568 g/mol. The quantitative estimate of drug-likeness (QED) is 0.345. The van der Waals surface area contributed by atoms with E-state index < -0.39 is 6.10 Å². The fourth-order valence-corrected chi connectivity index (χ4v) is 5.62. The lowest BCUT2D eigenvalue weighted by atomic mass is 9.91. The van der Waals surface area contributed by atoms with Gasteiger partial charge in [-0.05, 0) is 70.7 Å². The molecule has 1 fully saturated rings. The molecular weight excluding hydrogens is 532 g/mol. The Morgan fingerprint density at radius 3 is 2.66 bits per heavy atom. The molecule has 3 aromatic heterocycles. The molecule has 0 saturated carbocycles. The zero-order valence-corrected chi connectivity index (χ0v) is 23.5. The van der Waals surface area contributed by atoms with Crippen molar-refractivity contribution in [2.24, 2.45) is 5.92 Å². The number of rotatable bonds is 5. The summed E-state index contributed by atoms with van der Waals surface area (Å²) in [6.45, 7) is 8.45. The summed E-state index contributed by atoms with van der Waals surface area (Å²) < 4.78 is 37.0. The van der Waals surface area contributed by atoms with Crippen molar-refractivity contribution >= 4 is 17.0 Å². The van der Waals surface area contributed by atoms with Crippen molar-refractivity contribution in [2.75, 3.05) is 19.6 Å². The fourth-order valence-electron chi connectivity index (χ4n) is 5.62. The van der Waals surface area contributed by atoms with Crippen LogP contribution in [-0.4, -0.2) is 49.5 Å². The molecule has 5 heterocycles. The second kappa shape index (κ2) is 12.4. The van der Waals surface area contributed by atoms with Crippen LogP contribution >= 0.6 is 0 Å². The van der Waals surface area contributed by atoms with E-state index in [2.05, 4.69) is 24.7 Å². The van der Waals surface area contributed by atoms with Gasteiger partial charge in [0.1, 0.15) is 23.6 Å². The molecule has 2 unspecified atom stereocenters. The predicted octanol–water partition coefficient (Wildman–Crippen LogP) is 5.33. The number of hydrogen-bond donors (Lipinski definition) is 1. The molecule has 1 saturated heterocycles. The van der Waals surface area contributed by atoms with Crippen molar-refractivity contribution in [1.29, 1.82) is 0 Å². The van der Waals surface area contributed by atoms with Crippen LogP contribution in [-0.2, 0) is 13.0 Å². The van der Waals surface area contributed by atoms with Gasteiger partial charge in [0, 0.05) is 53.9 Å². The van der Waals surface area contributed by atoms with Crippen LogP contribution in [0.1, 0.15) is 73.7 Å². The SMILES string of the molecule is C/C(F)=C\c1ccno1.Cc1nc2n(c(=O)c1CCN1CCC(c3noc4cc(F)ccc34)CC1)CCC(C)C2O. The summed E-state index contributed by atoms with van der Waals surface area (Å²) in [5.74, 6) is 0.757. The number of halogens is 2. The van der Waals surface area contributed by atoms with Gasteiger partial charge < -0.3 is 19.1 Å². The van der Waals surface area contributed by atoms with Gasteiger partial charge in [-0.15, -0.1) is 0 Å². The van der Waals surface area contributed by atoms with Gasteiger partial charge in [0.15, 0.2) is 11.3 Å². The molecule has 1 N–H and O–H groups in total. The van der Waals surface area contributed by atoms with E-state index in [-0.39, 0.29) is 23.1 Å². The van der Waals surface area contributed by atoms with Crippen LogP contribution in [0.4, 0.5) is 8.78 Å². The van der Waals surface area contributed by atoms with Crippen LogP contribution in [0.2, 0.25) is 0 Å². The van der Waals surface area contributed by atoms with Crippen molar-refractivity contribution in [3.63, 3.8) is 0 Å². The van der Waals surface area contributed by atoms with Crippen molar-refractivity contribution in [2.45, 2.75) is 65.0 Å². The maximum absolute atomic E-state index is 13.4. The van der Waals surface area contributed by atoms with E-state index in [9.17, 15) is 18.7 Å². The maximum atomic E-state index is 13.4. The van der Waals surface area contributed by atoms with Gasteiger partial charge in [0.2, 0.25) is 0 Å². The summed E-state index contributed by atoms with van der Waals surface area (Å²) in [5.41, 5.74) is 2.89. The number of likely N-dealkylation sites (tertiary alicyclic amines) is 1. The maximum Gasteiger partial charge on any atom is 0.257 e. The Hall–Kier alpha value is -3.70. The van der Waals surface area contributed by atoms with Gasteiger partial charge >= 0.3 is 0 Å². The van der Waals surface area contributed by atoms with E-state index >= 15 is 0 Å². The van der Waals surface area contributed by atoms with Gasteiger partial charge in [-0.1, -0.05) is 17.2 Å². The van der Waals surface area contributed by atoms with Gasteiger partial charge in [0.05, 0.1) is 11.9 Å². The zero-order valence-electron chi connectivity index (χ0n) is 23.5. The van der Waals surface area contributed by atoms with E-state index in [0.717, 1.165) is 61.2 Å². The van der Waals surface area contributed by atoms with Crippen LogP contribution < -0.4 is 5.56 Å². The van der Waals surface area contributed by atoms with Crippen molar-refractivity contribution < 1.29 is 22.9 Å². The van der Waals surface area contributed by atoms with Gasteiger partial charge in [-0.3, -0.25) is 9.36 Å². The molecule has 2 aliphatic rings. The number of aryl methyl sites for hydroxylation is 1. The highest BCUT2D eigenvalue weighted by Gasteiger charge is 2.29. The first-order valence-corrected chi connectivity index (χ1v) is 14.0. The van der Waals surface area contributed by atoms with Gasteiger partial charge in [-0.2, -0.15) is 0 Å². The predicted molar refractivity (Wildman–Crippen MR) is 149 cm³/mol. The minimum absolute atomic E-state index is 0.00497. The Labute approximate surface area is 236 Å². The summed E-state index contributed by atoms with van der Waals surface area (Å²) in [6, 6.07) is 6.17. The molecule has 41 heavy (non-hydrogen) atoms. The van der Waals surface area contributed by atoms with Crippen molar-refractivity contribution in [3.8, 4) is 0 Å². The smallest absolute Gasteiger partial charge is 0.257 e. The van der Waals surface area contributed by atoms with Crippen LogP contribution in [0.25, 0.3) is 17.0 Å². The number of allylic oxidation sites excluding steroid dienone is 1. The van der Waals surface area contributed by atoms with Crippen LogP contribution in [0.3, 0.4) is 0 Å². The van der Waals surface area contributed by atoms with E-state index in [1.54, 1.807) is 16.7 Å². The first kappa shape index (κ1) is 28.8. The standard InChI is InChI=1S/C24H29FN4O3.C6H6FNO/c1-14-5-12-29-23(22(14)30)26-15(2)18(24(29)31)8-11-28-9-6-16(7-10-28)21-19-4-3-17(25)13-20(19)32-27-21;1-5(7)4-6-2-3-8-9-6/h3-4,13-14,16,22,30H,5-12H2,1-2H3;2-4H,1H3/b;5-4+. The highest BCUT2D eigenvalue weighted by molar-refractivity contribution is 5.79. The number of benzene rings is 1. The van der Waals surface area contributed by atoms with E-state index in [0.29, 0.717) is 36.1 Å². The molecule has 0 aliphatic carbocycles. The fraction of sp³-hybridized carbons (Fsp3) is 0.467. The second-order valence-corrected chi connectivity index (χ2v) is 10.9. The molecule has 0 spiro atoms. The van der Waals surface area contributed by atoms with Crippen LogP contribution in [0.5, 0.6) is 0 Å². The third-order valence-electron chi connectivity index (χ3n) is 8.02. The monoisotopic (exact) mass is 567 g/mol. The van der Waals surface area contributed by atoms with E-state index in [4.69, 9.17) is 4.52 Å². The molecule has 2 aliphatic heterocycles. The Kier molecular flexibility index (Phi) is 8.74. The van der Waals surface area contributed by atoms with Crippen molar-refractivity contribution in [3.05, 3.63) is 81.0 Å². The molecule has 1 aromatic carbocycles. The molecule has 218 valence electrons. The van der Waals surface area contributed by atoms with E-state index in [1.165, 1.54) is 31.3 Å². The van der Waals surface area contributed by atoms with Gasteiger partial charge in [0.25, 0.3) is 5.56 Å². The number of fused-ring (bicyclic) bond motifs is 2. The first-order chi connectivity index (χ1) is 19.7. The van der Waals surface area contributed by atoms with Crippen LogP contribution in [0.15, 0.2) is 50.1 Å². The molecule has 2 atom stereocenters. The number of aliphatic hydroxyl groups is 1. The Bertz CT molecular complexity index is 1570. The summed E-state index contributed by atoms with van der Waals surface area (Å²) in [6.07, 6.45) is 5.40. The second-order valence-electron chi connectivity index (χ2n) is 10.9. The Balaban J connectivity index is 0.000000321. The number of aromatic nitrogens is 4. The van der Waals surface area contributed by atoms with Crippen LogP contribution in [0, 0.1) is 18.7 Å². The average Bonchev–Trinajstić information content (AvgIpc) is 3.61. The van der Waals surface area contributed by atoms with E-state index in [1.807, 2.05) is 13.8 Å². The molecule has 11 heteroatoms. The number of hydrogen-bond acceptors (Lipinski definition) is 8. The molecule has 0 radical (unpaired) electrons. The highest BCUT2D eigenvalue weighted by Crippen LogP contribution is 2.33. The molecule has 0 bridgehead atoms. The minimum Gasteiger partial charge on any atom is -0.385 e. The Morgan fingerprint density at radius 2 is 1.95 bits per heavy atom.